The van der Waals surface area contributed by atoms with Gasteiger partial charge in [0.05, 0.1) is 7.11 Å². The van der Waals surface area contributed by atoms with E-state index in [-0.39, 0.29) is 11.5 Å². The summed E-state index contributed by atoms with van der Waals surface area (Å²) in [4.78, 5) is 12.1. The van der Waals surface area contributed by atoms with Crippen LogP contribution in [0.15, 0.2) is 60.2 Å². The van der Waals surface area contributed by atoms with E-state index < -0.39 is 0 Å². The zero-order valence-electron chi connectivity index (χ0n) is 13.0. The topological polar surface area (TPSA) is 62.1 Å². The third kappa shape index (κ3) is 4.72. The van der Waals surface area contributed by atoms with Crippen LogP contribution in [0, 0.1) is 11.3 Å². The zero-order chi connectivity index (χ0) is 16.5. The molecule has 1 amide bonds. The fourth-order valence-corrected chi connectivity index (χ4v) is 2.15. The minimum absolute atomic E-state index is 0.0579. The summed E-state index contributed by atoms with van der Waals surface area (Å²) >= 11 is 0. The van der Waals surface area contributed by atoms with Gasteiger partial charge in [-0.2, -0.15) is 5.26 Å². The number of methoxy groups -OCH3 is 1. The van der Waals surface area contributed by atoms with E-state index in [0.717, 1.165) is 12.0 Å². The molecule has 0 unspecified atom stereocenters. The molecule has 4 nitrogen and oxygen atoms in total. The lowest BCUT2D eigenvalue weighted by molar-refractivity contribution is -0.117. The van der Waals surface area contributed by atoms with E-state index in [4.69, 9.17) is 4.74 Å². The zero-order valence-corrected chi connectivity index (χ0v) is 13.0. The molecular weight excluding hydrogens is 288 g/mol. The maximum Gasteiger partial charge on any atom is 0.261 e. The Morgan fingerprint density at radius 1 is 1.17 bits per heavy atom. The van der Waals surface area contributed by atoms with Crippen LogP contribution in [0.5, 0.6) is 5.75 Å². The minimum atomic E-state index is -0.380. The van der Waals surface area contributed by atoms with Crippen LogP contribution in [-0.2, 0) is 11.2 Å². The van der Waals surface area contributed by atoms with Crippen LogP contribution in [0.4, 0.5) is 0 Å². The van der Waals surface area contributed by atoms with Gasteiger partial charge < -0.3 is 10.1 Å². The van der Waals surface area contributed by atoms with Crippen molar-refractivity contribution in [1.29, 1.82) is 5.26 Å². The number of hydrogen-bond donors (Lipinski definition) is 1. The van der Waals surface area contributed by atoms with Crippen LogP contribution in [0.2, 0.25) is 0 Å². The van der Waals surface area contributed by atoms with Crippen molar-refractivity contribution < 1.29 is 9.53 Å². The second-order valence-electron chi connectivity index (χ2n) is 4.90. The standard InChI is InChI=1S/C19H18N2O2/c1-23-18-10-6-5-9-16(18)13-17(14-20)19(22)21-12-11-15-7-3-2-4-8-15/h2-10,13H,11-12H2,1H3,(H,21,22)/b17-13-. The third-order valence-electron chi connectivity index (χ3n) is 3.35. The van der Waals surface area contributed by atoms with Gasteiger partial charge in [0.1, 0.15) is 17.4 Å². The number of hydrogen-bond acceptors (Lipinski definition) is 3. The summed E-state index contributed by atoms with van der Waals surface area (Å²) in [7, 11) is 1.55. The number of benzene rings is 2. The van der Waals surface area contributed by atoms with Gasteiger partial charge in [-0.1, -0.05) is 48.5 Å². The van der Waals surface area contributed by atoms with Crippen molar-refractivity contribution in [2.45, 2.75) is 6.42 Å². The number of amides is 1. The Hall–Kier alpha value is -3.06. The van der Waals surface area contributed by atoms with E-state index in [1.807, 2.05) is 48.5 Å². The van der Waals surface area contributed by atoms with E-state index in [9.17, 15) is 10.1 Å². The Morgan fingerprint density at radius 2 is 1.87 bits per heavy atom. The van der Waals surface area contributed by atoms with E-state index >= 15 is 0 Å². The Kier molecular flexibility index (Phi) is 5.96. The van der Waals surface area contributed by atoms with Crippen LogP contribution in [0.25, 0.3) is 6.08 Å². The van der Waals surface area contributed by atoms with Crippen molar-refractivity contribution in [2.75, 3.05) is 13.7 Å². The molecular formula is C19H18N2O2. The van der Waals surface area contributed by atoms with E-state index in [1.165, 1.54) is 6.08 Å². The molecule has 2 rings (SSSR count). The minimum Gasteiger partial charge on any atom is -0.496 e. The van der Waals surface area contributed by atoms with Gasteiger partial charge in [0.2, 0.25) is 0 Å². The van der Waals surface area contributed by atoms with Gasteiger partial charge in [-0.05, 0) is 24.1 Å². The summed E-state index contributed by atoms with van der Waals surface area (Å²) in [5.41, 5.74) is 1.90. The molecule has 1 N–H and O–H groups in total. The molecule has 116 valence electrons. The fourth-order valence-electron chi connectivity index (χ4n) is 2.15. The van der Waals surface area contributed by atoms with E-state index in [0.29, 0.717) is 17.9 Å². The van der Waals surface area contributed by atoms with Gasteiger partial charge in [0, 0.05) is 12.1 Å². The molecule has 0 aliphatic carbocycles. The predicted molar refractivity (Wildman–Crippen MR) is 89.7 cm³/mol. The van der Waals surface area contributed by atoms with Gasteiger partial charge >= 0.3 is 0 Å². The van der Waals surface area contributed by atoms with E-state index in [1.54, 1.807) is 19.2 Å². The van der Waals surface area contributed by atoms with Crippen LogP contribution < -0.4 is 10.1 Å². The molecule has 0 aliphatic heterocycles. The second-order valence-corrected chi connectivity index (χ2v) is 4.90. The monoisotopic (exact) mass is 306 g/mol. The molecule has 2 aromatic rings. The lowest BCUT2D eigenvalue weighted by Gasteiger charge is -2.06. The molecule has 0 spiro atoms. The molecule has 0 heterocycles. The Bertz CT molecular complexity index is 731. The SMILES string of the molecule is COc1ccccc1/C=C(/C#N)C(=O)NCCc1ccccc1. The van der Waals surface area contributed by atoms with Gasteiger partial charge in [-0.25, -0.2) is 0 Å². The molecule has 2 aromatic carbocycles. The van der Waals surface area contributed by atoms with Crippen molar-refractivity contribution in [3.05, 3.63) is 71.3 Å². The summed E-state index contributed by atoms with van der Waals surface area (Å²) in [6.07, 6.45) is 2.26. The molecule has 0 saturated carbocycles. The quantitative estimate of drug-likeness (QED) is 0.659. The fraction of sp³-hybridized carbons (Fsp3) is 0.158. The largest absolute Gasteiger partial charge is 0.496 e. The van der Waals surface area contributed by atoms with Crippen LogP contribution in [0.3, 0.4) is 0 Å². The summed E-state index contributed by atoms with van der Waals surface area (Å²) in [6.45, 7) is 0.480. The molecule has 0 bridgehead atoms. The Balaban J connectivity index is 2.01. The smallest absolute Gasteiger partial charge is 0.261 e. The van der Waals surface area contributed by atoms with Gasteiger partial charge in [0.15, 0.2) is 0 Å². The first-order valence-electron chi connectivity index (χ1n) is 7.31. The summed E-state index contributed by atoms with van der Waals surface area (Å²) < 4.78 is 5.22. The van der Waals surface area contributed by atoms with Crippen molar-refractivity contribution >= 4 is 12.0 Å². The highest BCUT2D eigenvalue weighted by molar-refractivity contribution is 6.01. The number of carbonyl (C=O) groups is 1. The number of carbonyl (C=O) groups excluding carboxylic acids is 1. The average molecular weight is 306 g/mol. The average Bonchev–Trinajstić information content (AvgIpc) is 2.60. The molecule has 0 atom stereocenters. The lowest BCUT2D eigenvalue weighted by atomic mass is 10.1. The maximum atomic E-state index is 12.1. The highest BCUT2D eigenvalue weighted by Crippen LogP contribution is 2.20. The molecule has 0 saturated heterocycles. The highest BCUT2D eigenvalue weighted by atomic mass is 16.5. The summed E-state index contributed by atoms with van der Waals surface area (Å²) in [5.74, 6) is 0.242. The van der Waals surface area contributed by atoms with Gasteiger partial charge in [0.25, 0.3) is 5.91 Å². The molecule has 0 radical (unpaired) electrons. The Morgan fingerprint density at radius 3 is 2.57 bits per heavy atom. The van der Waals surface area contributed by atoms with Crippen molar-refractivity contribution in [3.8, 4) is 11.8 Å². The normalized spacial score (nSPS) is 10.7. The summed E-state index contributed by atoms with van der Waals surface area (Å²) in [6, 6.07) is 19.1. The molecule has 0 aliphatic rings. The predicted octanol–water partition coefficient (Wildman–Crippen LogP) is 2.96. The molecule has 4 heteroatoms. The first kappa shape index (κ1) is 16.3. The van der Waals surface area contributed by atoms with Gasteiger partial charge in [-0.3, -0.25) is 4.79 Å². The molecule has 0 fully saturated rings. The van der Waals surface area contributed by atoms with Gasteiger partial charge in [-0.15, -0.1) is 0 Å². The Labute approximate surface area is 136 Å². The number of nitrogens with zero attached hydrogens (tertiary/aromatic N) is 1. The number of rotatable bonds is 6. The highest BCUT2D eigenvalue weighted by Gasteiger charge is 2.10. The number of para-hydroxylation sites is 1. The van der Waals surface area contributed by atoms with Crippen molar-refractivity contribution in [3.63, 3.8) is 0 Å². The van der Waals surface area contributed by atoms with E-state index in [2.05, 4.69) is 5.32 Å². The number of nitrogens with one attached hydrogen (secondary N) is 1. The molecule has 23 heavy (non-hydrogen) atoms. The van der Waals surface area contributed by atoms with Crippen molar-refractivity contribution in [1.82, 2.24) is 5.32 Å². The maximum absolute atomic E-state index is 12.1. The van der Waals surface area contributed by atoms with Crippen molar-refractivity contribution in [2.24, 2.45) is 0 Å². The third-order valence-corrected chi connectivity index (χ3v) is 3.35. The first-order chi connectivity index (χ1) is 11.2. The van der Waals surface area contributed by atoms with Crippen LogP contribution in [0.1, 0.15) is 11.1 Å². The summed E-state index contributed by atoms with van der Waals surface area (Å²) in [5, 5.41) is 12.0. The number of ether oxygens (including phenoxy) is 1. The second kappa shape index (κ2) is 8.40. The molecule has 0 aromatic heterocycles. The van der Waals surface area contributed by atoms with Crippen LogP contribution in [-0.4, -0.2) is 19.6 Å². The number of nitriles is 1. The lowest BCUT2D eigenvalue weighted by Crippen LogP contribution is -2.26. The first-order valence-corrected chi connectivity index (χ1v) is 7.31. The van der Waals surface area contributed by atoms with Crippen LogP contribution >= 0.6 is 0 Å².